The van der Waals surface area contributed by atoms with Crippen LogP contribution in [0.5, 0.6) is 11.5 Å². The molecule has 0 aliphatic heterocycles. The predicted molar refractivity (Wildman–Crippen MR) is 151 cm³/mol. The summed E-state index contributed by atoms with van der Waals surface area (Å²) in [6.07, 6.45) is 0. The Labute approximate surface area is 227 Å². The van der Waals surface area contributed by atoms with Gasteiger partial charge in [0.2, 0.25) is 0 Å². The predicted octanol–water partition coefficient (Wildman–Crippen LogP) is 5.63. The molecule has 0 unspecified atom stereocenters. The number of halogens is 1. The molecule has 5 aromatic rings. The highest BCUT2D eigenvalue weighted by atomic mass is 79.9. The van der Waals surface area contributed by atoms with Crippen LogP contribution in [0.25, 0.3) is 22.5 Å². The van der Waals surface area contributed by atoms with Gasteiger partial charge in [0.25, 0.3) is 11.1 Å². The number of hydrogen-bond donors (Lipinski definition) is 4. The smallest absolute Gasteiger partial charge is 0.268 e. The van der Waals surface area contributed by atoms with Crippen LogP contribution in [0.4, 0.5) is 0 Å². The first kappa shape index (κ1) is 25.4. The van der Waals surface area contributed by atoms with Crippen molar-refractivity contribution in [1.29, 1.82) is 0 Å². The van der Waals surface area contributed by atoms with Crippen LogP contribution in [-0.4, -0.2) is 34.6 Å². The highest BCUT2D eigenvalue weighted by Crippen LogP contribution is 2.44. The average molecular weight is 575 g/mol. The molecule has 8 nitrogen and oxygen atoms in total. The minimum atomic E-state index is -0.801. The molecule has 2 heterocycles. The van der Waals surface area contributed by atoms with E-state index in [4.69, 9.17) is 9.47 Å². The lowest BCUT2D eigenvalue weighted by Gasteiger charge is -2.21. The Hall–Kier alpha value is -4.24. The largest absolute Gasteiger partial charge is 0.496 e. The van der Waals surface area contributed by atoms with Gasteiger partial charge in [-0.15, -0.1) is 0 Å². The van der Waals surface area contributed by atoms with E-state index < -0.39 is 5.92 Å². The number of hydrogen-bond acceptors (Lipinski definition) is 4. The fraction of sp³-hybridized carbons (Fsp3) is 0.172. The lowest BCUT2D eigenvalue weighted by molar-refractivity contribution is 0.389. The van der Waals surface area contributed by atoms with E-state index in [1.807, 2.05) is 68.4 Å². The van der Waals surface area contributed by atoms with Crippen molar-refractivity contribution >= 4 is 15.9 Å². The second-order valence-electron chi connectivity index (χ2n) is 9.13. The summed E-state index contributed by atoms with van der Waals surface area (Å²) in [6, 6.07) is 19.3. The van der Waals surface area contributed by atoms with Crippen LogP contribution in [0.15, 0.2) is 74.7 Å². The molecule has 0 amide bonds. The van der Waals surface area contributed by atoms with E-state index >= 15 is 0 Å². The zero-order chi connectivity index (χ0) is 27.0. The Morgan fingerprint density at radius 2 is 1.11 bits per heavy atom. The summed E-state index contributed by atoms with van der Waals surface area (Å²) in [6.45, 7) is 4.00. The summed E-state index contributed by atoms with van der Waals surface area (Å²) in [5, 5.41) is 11.6. The number of nitrogens with one attached hydrogen (secondary N) is 4. The Kier molecular flexibility index (Phi) is 6.86. The van der Waals surface area contributed by atoms with Crippen LogP contribution in [0, 0.1) is 13.8 Å². The first-order valence-electron chi connectivity index (χ1n) is 12.0. The lowest BCUT2D eigenvalue weighted by atomic mass is 9.82. The molecule has 0 bridgehead atoms. The average Bonchev–Trinajstić information content (AvgIpc) is 3.48. The maximum Gasteiger partial charge on any atom is 0.268 e. The molecule has 0 radical (unpaired) electrons. The number of H-pyrrole nitrogens is 4. The topological polar surface area (TPSA) is 116 Å². The number of aromatic nitrogens is 4. The van der Waals surface area contributed by atoms with Gasteiger partial charge in [0.05, 0.1) is 47.1 Å². The highest BCUT2D eigenvalue weighted by Gasteiger charge is 2.33. The van der Waals surface area contributed by atoms with Crippen LogP contribution in [0.1, 0.15) is 33.7 Å². The molecule has 0 saturated heterocycles. The van der Waals surface area contributed by atoms with Crippen molar-refractivity contribution in [2.45, 2.75) is 19.8 Å². The van der Waals surface area contributed by atoms with E-state index in [2.05, 4.69) is 36.3 Å². The van der Waals surface area contributed by atoms with Crippen LogP contribution in [-0.2, 0) is 0 Å². The molecular formula is C29H27BrN4O4. The normalized spacial score (nSPS) is 11.2. The molecule has 3 aromatic carbocycles. The highest BCUT2D eigenvalue weighted by molar-refractivity contribution is 9.10. The third-order valence-electron chi connectivity index (χ3n) is 6.70. The first-order chi connectivity index (χ1) is 18.3. The van der Waals surface area contributed by atoms with Crippen LogP contribution in [0.3, 0.4) is 0 Å². The molecule has 0 saturated carbocycles. The van der Waals surface area contributed by atoms with Crippen molar-refractivity contribution in [2.24, 2.45) is 0 Å². The van der Waals surface area contributed by atoms with Gasteiger partial charge in [0, 0.05) is 11.6 Å². The third kappa shape index (κ3) is 4.50. The van der Waals surface area contributed by atoms with E-state index in [9.17, 15) is 9.59 Å². The van der Waals surface area contributed by atoms with Gasteiger partial charge in [-0.2, -0.15) is 0 Å². The molecule has 2 aromatic heterocycles. The summed E-state index contributed by atoms with van der Waals surface area (Å²) in [5.41, 5.74) is 5.71. The van der Waals surface area contributed by atoms with Crippen molar-refractivity contribution in [3.05, 3.63) is 114 Å². The fourth-order valence-electron chi connectivity index (χ4n) is 4.75. The Morgan fingerprint density at radius 1 is 0.658 bits per heavy atom. The second kappa shape index (κ2) is 10.3. The Morgan fingerprint density at radius 3 is 1.53 bits per heavy atom. The van der Waals surface area contributed by atoms with Crippen LogP contribution in [0.2, 0.25) is 0 Å². The SMILES string of the molecule is COc1cc(OC)c(C(c2c(-c3ccc(C)cc3)[nH][nH]c2=O)c2c(-c3ccc(C)cc3)[nH][nH]c2=O)cc1Br. The van der Waals surface area contributed by atoms with Crippen LogP contribution < -0.4 is 20.6 Å². The Bertz CT molecular complexity index is 1610. The van der Waals surface area contributed by atoms with E-state index in [0.717, 1.165) is 22.3 Å². The number of aromatic amines is 4. The van der Waals surface area contributed by atoms with Crippen molar-refractivity contribution in [3.8, 4) is 34.0 Å². The van der Waals surface area contributed by atoms with Gasteiger partial charge in [0.1, 0.15) is 11.5 Å². The van der Waals surface area contributed by atoms with Crippen molar-refractivity contribution in [3.63, 3.8) is 0 Å². The first-order valence-corrected chi connectivity index (χ1v) is 12.8. The number of methoxy groups -OCH3 is 2. The number of rotatable bonds is 7. The maximum absolute atomic E-state index is 13.5. The van der Waals surface area contributed by atoms with Crippen molar-refractivity contribution in [2.75, 3.05) is 14.2 Å². The molecule has 0 spiro atoms. The van der Waals surface area contributed by atoms with Crippen molar-refractivity contribution in [1.82, 2.24) is 20.4 Å². The number of aryl methyl sites for hydroxylation is 2. The maximum atomic E-state index is 13.5. The minimum absolute atomic E-state index is 0.338. The molecule has 0 aliphatic rings. The molecule has 38 heavy (non-hydrogen) atoms. The van der Waals surface area contributed by atoms with Gasteiger partial charge in [-0.25, -0.2) is 0 Å². The third-order valence-corrected chi connectivity index (χ3v) is 7.32. The fourth-order valence-corrected chi connectivity index (χ4v) is 5.27. The van der Waals surface area contributed by atoms with E-state index in [-0.39, 0.29) is 11.1 Å². The molecule has 0 fully saturated rings. The summed E-state index contributed by atoms with van der Waals surface area (Å²) < 4.78 is 11.9. The summed E-state index contributed by atoms with van der Waals surface area (Å²) in [7, 11) is 3.11. The second-order valence-corrected chi connectivity index (χ2v) is 9.98. The quantitative estimate of drug-likeness (QED) is 0.201. The zero-order valence-electron chi connectivity index (χ0n) is 21.4. The number of benzene rings is 3. The van der Waals surface area contributed by atoms with Gasteiger partial charge in [-0.3, -0.25) is 30.0 Å². The standard InChI is InChI=1S/C29H27BrN4O4/c1-15-5-9-17(10-6-15)26-24(28(35)33-31-26)23(19-13-20(30)22(38-4)14-21(19)37-3)25-27(32-34-29(25)36)18-11-7-16(2)8-12-18/h5-14,23H,1-4H3,(H2,31,33,35)(H2,32,34,36). The van der Waals surface area contributed by atoms with Gasteiger partial charge in [-0.1, -0.05) is 59.7 Å². The van der Waals surface area contributed by atoms with E-state index in [0.29, 0.717) is 44.0 Å². The van der Waals surface area contributed by atoms with E-state index in [1.54, 1.807) is 20.3 Å². The molecular weight excluding hydrogens is 548 g/mol. The Balaban J connectivity index is 1.86. The molecule has 4 N–H and O–H groups in total. The molecule has 9 heteroatoms. The molecule has 5 rings (SSSR count). The lowest BCUT2D eigenvalue weighted by Crippen LogP contribution is -2.20. The minimum Gasteiger partial charge on any atom is -0.496 e. The summed E-state index contributed by atoms with van der Waals surface area (Å²) in [5.74, 6) is 0.235. The summed E-state index contributed by atoms with van der Waals surface area (Å²) in [4.78, 5) is 27.0. The number of ether oxygens (including phenoxy) is 2. The summed E-state index contributed by atoms with van der Waals surface area (Å²) >= 11 is 3.58. The molecule has 0 atom stereocenters. The van der Waals surface area contributed by atoms with Gasteiger partial charge in [0.15, 0.2) is 0 Å². The van der Waals surface area contributed by atoms with Crippen LogP contribution >= 0.6 is 15.9 Å². The van der Waals surface area contributed by atoms with E-state index in [1.165, 1.54) is 0 Å². The monoisotopic (exact) mass is 574 g/mol. The van der Waals surface area contributed by atoms with Crippen molar-refractivity contribution < 1.29 is 9.47 Å². The molecule has 194 valence electrons. The van der Waals surface area contributed by atoms with Gasteiger partial charge < -0.3 is 9.47 Å². The van der Waals surface area contributed by atoms with Gasteiger partial charge >= 0.3 is 0 Å². The molecule has 0 aliphatic carbocycles. The zero-order valence-corrected chi connectivity index (χ0v) is 22.9. The van der Waals surface area contributed by atoms with Gasteiger partial charge in [-0.05, 0) is 47.0 Å².